The van der Waals surface area contributed by atoms with E-state index >= 15 is 0 Å². The van der Waals surface area contributed by atoms with E-state index in [9.17, 15) is 0 Å². The molecule has 0 spiro atoms. The fraction of sp³-hybridized carbons (Fsp3) is 0.480. The predicted molar refractivity (Wildman–Crippen MR) is 120 cm³/mol. The van der Waals surface area contributed by atoms with Gasteiger partial charge in [0.05, 0.1) is 13.7 Å². The van der Waals surface area contributed by atoms with E-state index in [0.29, 0.717) is 0 Å². The van der Waals surface area contributed by atoms with Gasteiger partial charge in [-0.2, -0.15) is 0 Å². The summed E-state index contributed by atoms with van der Waals surface area (Å²) in [6.45, 7) is 3.02. The average Bonchev–Trinajstić information content (AvgIpc) is 2.77. The van der Waals surface area contributed by atoms with E-state index in [1.54, 1.807) is 14.2 Å². The van der Waals surface area contributed by atoms with Gasteiger partial charge in [-0.1, -0.05) is 69.2 Å². The van der Waals surface area contributed by atoms with E-state index in [-0.39, 0.29) is 0 Å². The third kappa shape index (κ3) is 8.18. The van der Waals surface area contributed by atoms with Gasteiger partial charge in [-0.15, -0.1) is 0 Å². The van der Waals surface area contributed by atoms with E-state index in [2.05, 4.69) is 12.1 Å². The van der Waals surface area contributed by atoms with E-state index in [0.717, 1.165) is 41.4 Å². The highest BCUT2D eigenvalue weighted by Gasteiger charge is 2.09. The highest BCUT2D eigenvalue weighted by molar-refractivity contribution is 6.12. The van der Waals surface area contributed by atoms with Crippen molar-refractivity contribution in [1.82, 2.24) is 0 Å². The normalized spacial score (nSPS) is 11.3. The lowest BCUT2D eigenvalue weighted by Crippen LogP contribution is -2.05. The molecule has 0 aromatic heterocycles. The molecule has 2 aromatic rings. The van der Waals surface area contributed by atoms with Gasteiger partial charge in [-0.3, -0.25) is 0 Å². The minimum atomic E-state index is 0.765. The van der Waals surface area contributed by atoms with Crippen molar-refractivity contribution in [1.29, 1.82) is 0 Å². The van der Waals surface area contributed by atoms with E-state index in [4.69, 9.17) is 14.3 Å². The Morgan fingerprint density at radius 1 is 0.759 bits per heavy atom. The summed E-state index contributed by atoms with van der Waals surface area (Å²) in [6.07, 6.45) is 10.4. The molecule has 0 unspecified atom stereocenters. The molecule has 0 bridgehead atoms. The van der Waals surface area contributed by atoms with E-state index < -0.39 is 0 Å². The fourth-order valence-corrected chi connectivity index (χ4v) is 3.27. The van der Waals surface area contributed by atoms with Crippen LogP contribution in [0.3, 0.4) is 0 Å². The largest absolute Gasteiger partial charge is 0.497 e. The Morgan fingerprint density at radius 2 is 1.45 bits per heavy atom. The second-order valence-corrected chi connectivity index (χ2v) is 7.20. The lowest BCUT2D eigenvalue weighted by Gasteiger charge is -2.10. The van der Waals surface area contributed by atoms with Crippen molar-refractivity contribution in [3.63, 3.8) is 0 Å². The summed E-state index contributed by atoms with van der Waals surface area (Å²) >= 11 is 0. The zero-order valence-corrected chi connectivity index (χ0v) is 18.2. The Morgan fingerprint density at radius 3 is 2.10 bits per heavy atom. The molecular formula is C25H35NO3. The standard InChI is InChI=1S/C25H35NO3/c1-4-5-6-7-8-9-10-11-19-29-23-17-15-21(16-18-23)25(26-28-3)22-13-12-14-24(20-22)27-2/h12-18,20H,4-11,19H2,1-3H3/b26-25+. The Kier molecular flexibility index (Phi) is 10.7. The van der Waals surface area contributed by atoms with Crippen LogP contribution in [0.2, 0.25) is 0 Å². The molecule has 0 radical (unpaired) electrons. The monoisotopic (exact) mass is 397 g/mol. The molecule has 0 aliphatic heterocycles. The van der Waals surface area contributed by atoms with E-state index in [1.165, 1.54) is 44.9 Å². The number of nitrogens with zero attached hydrogens (tertiary/aromatic N) is 1. The van der Waals surface area contributed by atoms with Crippen LogP contribution in [-0.2, 0) is 4.84 Å². The first-order valence-corrected chi connectivity index (χ1v) is 10.8. The fourth-order valence-electron chi connectivity index (χ4n) is 3.27. The first-order chi connectivity index (χ1) is 14.3. The molecule has 4 nitrogen and oxygen atoms in total. The zero-order chi connectivity index (χ0) is 20.7. The molecule has 0 saturated carbocycles. The summed E-state index contributed by atoms with van der Waals surface area (Å²) in [5, 5.41) is 4.21. The smallest absolute Gasteiger partial charge is 0.119 e. The van der Waals surface area contributed by atoms with Gasteiger partial charge < -0.3 is 14.3 Å². The average molecular weight is 398 g/mol. The Labute approximate surface area is 175 Å². The highest BCUT2D eigenvalue weighted by atomic mass is 16.6. The molecule has 0 heterocycles. The number of ether oxygens (including phenoxy) is 2. The molecule has 0 aliphatic rings. The molecule has 158 valence electrons. The number of hydrogen-bond acceptors (Lipinski definition) is 4. The number of rotatable bonds is 14. The topological polar surface area (TPSA) is 40.0 Å². The number of hydrogen-bond donors (Lipinski definition) is 0. The van der Waals surface area contributed by atoms with Gasteiger partial charge in [-0.25, -0.2) is 0 Å². The van der Waals surface area contributed by atoms with Crippen molar-refractivity contribution in [3.05, 3.63) is 59.7 Å². The van der Waals surface area contributed by atoms with Crippen LogP contribution in [0.5, 0.6) is 11.5 Å². The van der Waals surface area contributed by atoms with Crippen molar-refractivity contribution in [2.45, 2.75) is 58.3 Å². The number of unbranched alkanes of at least 4 members (excludes halogenated alkanes) is 7. The van der Waals surface area contributed by atoms with Crippen molar-refractivity contribution in [2.24, 2.45) is 5.16 Å². The van der Waals surface area contributed by atoms with Gasteiger partial charge in [0.15, 0.2) is 0 Å². The summed E-state index contributed by atoms with van der Waals surface area (Å²) < 4.78 is 11.2. The molecular weight excluding hydrogens is 362 g/mol. The van der Waals surface area contributed by atoms with Crippen LogP contribution in [0.15, 0.2) is 53.7 Å². The summed E-state index contributed by atoms with van der Waals surface area (Å²) in [6, 6.07) is 15.8. The molecule has 0 saturated heterocycles. The molecule has 0 amide bonds. The third-order valence-electron chi connectivity index (χ3n) is 4.92. The molecule has 2 rings (SSSR count). The minimum absolute atomic E-state index is 0.765. The van der Waals surface area contributed by atoms with Gasteiger partial charge in [0.1, 0.15) is 24.3 Å². The van der Waals surface area contributed by atoms with Gasteiger partial charge in [0.25, 0.3) is 0 Å². The lowest BCUT2D eigenvalue weighted by molar-refractivity contribution is 0.214. The molecule has 0 atom stereocenters. The number of methoxy groups -OCH3 is 1. The highest BCUT2D eigenvalue weighted by Crippen LogP contribution is 2.20. The molecule has 29 heavy (non-hydrogen) atoms. The van der Waals surface area contributed by atoms with Crippen molar-refractivity contribution in [3.8, 4) is 11.5 Å². The van der Waals surface area contributed by atoms with Crippen LogP contribution in [0.1, 0.15) is 69.4 Å². The summed E-state index contributed by atoms with van der Waals surface area (Å²) in [7, 11) is 3.21. The first kappa shape index (κ1) is 22.8. The van der Waals surface area contributed by atoms with Gasteiger partial charge in [-0.05, 0) is 42.8 Å². The van der Waals surface area contributed by atoms with Crippen LogP contribution in [0.25, 0.3) is 0 Å². The van der Waals surface area contributed by atoms with Crippen LogP contribution in [0.4, 0.5) is 0 Å². The second kappa shape index (κ2) is 13.6. The summed E-state index contributed by atoms with van der Waals surface area (Å²) in [4.78, 5) is 5.07. The quantitative estimate of drug-likeness (QED) is 0.204. The SMILES string of the molecule is CCCCCCCCCCOc1ccc(/C(=N\OC)c2cccc(OC)c2)cc1. The van der Waals surface area contributed by atoms with Crippen LogP contribution in [0, 0.1) is 0 Å². The van der Waals surface area contributed by atoms with Crippen LogP contribution in [-0.4, -0.2) is 26.5 Å². The minimum Gasteiger partial charge on any atom is -0.497 e. The third-order valence-corrected chi connectivity index (χ3v) is 4.92. The summed E-state index contributed by atoms with van der Waals surface area (Å²) in [5.41, 5.74) is 2.68. The Balaban J connectivity index is 1.82. The van der Waals surface area contributed by atoms with Gasteiger partial charge >= 0.3 is 0 Å². The van der Waals surface area contributed by atoms with Crippen molar-refractivity contribution in [2.75, 3.05) is 20.8 Å². The zero-order valence-electron chi connectivity index (χ0n) is 18.2. The molecule has 4 heteroatoms. The second-order valence-electron chi connectivity index (χ2n) is 7.20. The Hall–Kier alpha value is -2.49. The maximum Gasteiger partial charge on any atom is 0.119 e. The maximum atomic E-state index is 5.90. The molecule has 2 aromatic carbocycles. The van der Waals surface area contributed by atoms with Gasteiger partial charge in [0, 0.05) is 11.1 Å². The number of oxime groups is 1. The number of benzene rings is 2. The van der Waals surface area contributed by atoms with Crippen LogP contribution >= 0.6 is 0 Å². The van der Waals surface area contributed by atoms with E-state index in [1.807, 2.05) is 48.5 Å². The van der Waals surface area contributed by atoms with Crippen molar-refractivity contribution < 1.29 is 14.3 Å². The molecule has 0 aliphatic carbocycles. The maximum absolute atomic E-state index is 5.90. The van der Waals surface area contributed by atoms with Crippen molar-refractivity contribution >= 4 is 5.71 Å². The first-order valence-electron chi connectivity index (χ1n) is 10.8. The predicted octanol–water partition coefficient (Wildman–Crippen LogP) is 6.61. The summed E-state index contributed by atoms with van der Waals surface area (Å²) in [5.74, 6) is 1.68. The lowest BCUT2D eigenvalue weighted by atomic mass is 10.0. The molecule has 0 fully saturated rings. The van der Waals surface area contributed by atoms with Gasteiger partial charge in [0.2, 0.25) is 0 Å². The molecule has 0 N–H and O–H groups in total. The Bertz CT molecular complexity index is 725. The van der Waals surface area contributed by atoms with Crippen LogP contribution < -0.4 is 9.47 Å².